The first kappa shape index (κ1) is 61.6. The van der Waals surface area contributed by atoms with Gasteiger partial charge in [0.15, 0.2) is 0 Å². The van der Waals surface area contributed by atoms with E-state index < -0.39 is 18.2 Å². The van der Waals surface area contributed by atoms with Crippen LogP contribution in [0, 0.1) is 0 Å². The van der Waals surface area contributed by atoms with Crippen LogP contribution in [0.25, 0.3) is 0 Å². The molecule has 64 heavy (non-hydrogen) atoms. The minimum absolute atomic E-state index is 0.0450. The van der Waals surface area contributed by atoms with Gasteiger partial charge in [0.25, 0.3) is 0 Å². The van der Waals surface area contributed by atoms with Crippen LogP contribution in [0.1, 0.15) is 271 Å². The van der Waals surface area contributed by atoms with E-state index in [0.29, 0.717) is 25.7 Å². The number of unbranched alkanes of at least 4 members (excludes halogenated alkanes) is 27. The van der Waals surface area contributed by atoms with Crippen molar-refractivity contribution in [3.63, 3.8) is 0 Å². The van der Waals surface area contributed by atoms with Crippen LogP contribution in [0.4, 0.5) is 0 Å². The fourth-order valence-electron chi connectivity index (χ4n) is 8.12. The highest BCUT2D eigenvalue weighted by molar-refractivity contribution is 5.77. The lowest BCUT2D eigenvalue weighted by molar-refractivity contribution is -0.151. The molecule has 372 valence electrons. The highest BCUT2D eigenvalue weighted by atomic mass is 16.5. The van der Waals surface area contributed by atoms with Crippen molar-refractivity contribution in [2.24, 2.45) is 0 Å². The average Bonchev–Trinajstić information content (AvgIpc) is 3.29. The summed E-state index contributed by atoms with van der Waals surface area (Å²) >= 11 is 0. The Morgan fingerprint density at radius 1 is 0.453 bits per heavy atom. The van der Waals surface area contributed by atoms with Gasteiger partial charge >= 0.3 is 5.97 Å². The summed E-state index contributed by atoms with van der Waals surface area (Å²) in [4.78, 5) is 26.2. The number of nitrogens with one attached hydrogen (secondary N) is 1. The molecule has 0 saturated heterocycles. The maximum Gasteiger partial charge on any atom is 0.306 e. The minimum atomic E-state index is -0.802. The van der Waals surface area contributed by atoms with Crippen molar-refractivity contribution in [3.05, 3.63) is 60.8 Å². The van der Waals surface area contributed by atoms with E-state index in [4.69, 9.17) is 4.74 Å². The first-order valence-corrected chi connectivity index (χ1v) is 27.5. The van der Waals surface area contributed by atoms with E-state index in [2.05, 4.69) is 86.8 Å². The van der Waals surface area contributed by atoms with Gasteiger partial charge in [-0.2, -0.15) is 0 Å². The molecule has 0 fully saturated rings. The number of aliphatic hydroxyl groups excluding tert-OH is 2. The lowest BCUT2D eigenvalue weighted by Crippen LogP contribution is -2.46. The number of aliphatic hydroxyl groups is 2. The number of ether oxygens (including phenoxy) is 1. The van der Waals surface area contributed by atoms with Crippen molar-refractivity contribution in [1.29, 1.82) is 0 Å². The highest BCUT2D eigenvalue weighted by Gasteiger charge is 2.24. The van der Waals surface area contributed by atoms with Crippen LogP contribution in [0.15, 0.2) is 60.8 Å². The van der Waals surface area contributed by atoms with E-state index in [-0.39, 0.29) is 24.9 Å². The monoisotopic (exact) mass is 896 g/mol. The summed E-state index contributed by atoms with van der Waals surface area (Å²) in [7, 11) is 0. The second kappa shape index (κ2) is 51.5. The summed E-state index contributed by atoms with van der Waals surface area (Å²) in [6.07, 6.45) is 64.3. The molecule has 3 unspecified atom stereocenters. The lowest BCUT2D eigenvalue weighted by Gasteiger charge is -2.24. The Kier molecular flexibility index (Phi) is 49.6. The van der Waals surface area contributed by atoms with Crippen molar-refractivity contribution < 1.29 is 24.5 Å². The van der Waals surface area contributed by atoms with Gasteiger partial charge in [0.2, 0.25) is 5.91 Å². The Morgan fingerprint density at radius 3 is 1.27 bits per heavy atom. The van der Waals surface area contributed by atoms with Gasteiger partial charge in [0.1, 0.15) is 6.10 Å². The maximum atomic E-state index is 13.2. The Labute approximate surface area is 397 Å². The van der Waals surface area contributed by atoms with Crippen LogP contribution in [0.5, 0.6) is 0 Å². The summed E-state index contributed by atoms with van der Waals surface area (Å²) in [6, 6.07) is -0.718. The Hall–Kier alpha value is -2.44. The number of rotatable bonds is 49. The molecule has 0 aromatic heterocycles. The first-order chi connectivity index (χ1) is 31.5. The number of allylic oxidation sites excluding steroid dienone is 10. The minimum Gasteiger partial charge on any atom is -0.462 e. The molecule has 0 aliphatic heterocycles. The molecule has 0 bridgehead atoms. The van der Waals surface area contributed by atoms with Crippen LogP contribution in [-0.4, -0.2) is 46.9 Å². The van der Waals surface area contributed by atoms with E-state index in [1.807, 2.05) is 0 Å². The van der Waals surface area contributed by atoms with E-state index in [0.717, 1.165) is 77.0 Å². The van der Waals surface area contributed by atoms with Crippen LogP contribution >= 0.6 is 0 Å². The second-order valence-corrected chi connectivity index (χ2v) is 18.6. The SMILES string of the molecule is CCCCC/C=C\C/C=C\C/C=C\C/C=C\CCCC(=O)OC(CCCCC/C=C/CCCCCCCCCCC)CC(=O)NC(CO)C(O)CCCCCCCCCCCCCC. The number of hydrogen-bond donors (Lipinski definition) is 3. The number of amides is 1. The largest absolute Gasteiger partial charge is 0.462 e. The molecule has 0 saturated carbocycles. The van der Waals surface area contributed by atoms with Crippen molar-refractivity contribution in [1.82, 2.24) is 5.32 Å². The Balaban J connectivity index is 4.69. The highest BCUT2D eigenvalue weighted by Crippen LogP contribution is 2.17. The number of carbonyl (C=O) groups excluding carboxylic acids is 2. The number of hydrogen-bond acceptors (Lipinski definition) is 5. The summed E-state index contributed by atoms with van der Waals surface area (Å²) in [5.41, 5.74) is 0. The second-order valence-electron chi connectivity index (χ2n) is 18.6. The van der Waals surface area contributed by atoms with E-state index in [1.165, 1.54) is 141 Å². The van der Waals surface area contributed by atoms with Gasteiger partial charge < -0.3 is 20.3 Å². The van der Waals surface area contributed by atoms with Gasteiger partial charge in [0.05, 0.1) is 25.2 Å². The molecule has 0 rings (SSSR count). The van der Waals surface area contributed by atoms with E-state index >= 15 is 0 Å². The number of carbonyl (C=O) groups is 2. The smallest absolute Gasteiger partial charge is 0.306 e. The molecule has 0 radical (unpaired) electrons. The fourth-order valence-corrected chi connectivity index (χ4v) is 8.12. The first-order valence-electron chi connectivity index (χ1n) is 27.5. The predicted octanol–water partition coefficient (Wildman–Crippen LogP) is 16.8. The third-order valence-electron chi connectivity index (χ3n) is 12.3. The quantitative estimate of drug-likeness (QED) is 0.0321. The molecular formula is C58H105NO5. The summed E-state index contributed by atoms with van der Waals surface area (Å²) in [5.74, 6) is -0.551. The molecule has 0 aromatic rings. The van der Waals surface area contributed by atoms with Crippen LogP contribution < -0.4 is 5.32 Å². The normalized spacial score (nSPS) is 13.6. The Morgan fingerprint density at radius 2 is 0.797 bits per heavy atom. The molecule has 6 nitrogen and oxygen atoms in total. The predicted molar refractivity (Wildman–Crippen MR) is 278 cm³/mol. The lowest BCUT2D eigenvalue weighted by atomic mass is 10.0. The molecule has 3 atom stereocenters. The van der Waals surface area contributed by atoms with Crippen molar-refractivity contribution in [3.8, 4) is 0 Å². The van der Waals surface area contributed by atoms with Crippen LogP contribution in [0.2, 0.25) is 0 Å². The zero-order valence-electron chi connectivity index (χ0n) is 42.4. The Bertz CT molecular complexity index is 1140. The van der Waals surface area contributed by atoms with Gasteiger partial charge in [-0.15, -0.1) is 0 Å². The molecule has 0 heterocycles. The van der Waals surface area contributed by atoms with Crippen molar-refractivity contribution in [2.75, 3.05) is 6.61 Å². The summed E-state index contributed by atoms with van der Waals surface area (Å²) < 4.78 is 5.91. The van der Waals surface area contributed by atoms with E-state index in [1.54, 1.807) is 0 Å². The third-order valence-corrected chi connectivity index (χ3v) is 12.3. The molecule has 6 heteroatoms. The van der Waals surface area contributed by atoms with Gasteiger partial charge in [-0.3, -0.25) is 9.59 Å². The zero-order chi connectivity index (χ0) is 46.7. The zero-order valence-corrected chi connectivity index (χ0v) is 42.4. The topological polar surface area (TPSA) is 95.9 Å². The molecular weight excluding hydrogens is 791 g/mol. The molecule has 0 aliphatic rings. The van der Waals surface area contributed by atoms with Gasteiger partial charge in [0, 0.05) is 6.42 Å². The van der Waals surface area contributed by atoms with Gasteiger partial charge in [-0.25, -0.2) is 0 Å². The molecule has 3 N–H and O–H groups in total. The van der Waals surface area contributed by atoms with Gasteiger partial charge in [-0.1, -0.05) is 229 Å². The molecule has 0 spiro atoms. The average molecular weight is 896 g/mol. The van der Waals surface area contributed by atoms with Crippen molar-refractivity contribution in [2.45, 2.75) is 289 Å². The molecule has 0 aromatic carbocycles. The van der Waals surface area contributed by atoms with Crippen molar-refractivity contribution >= 4 is 11.9 Å². The van der Waals surface area contributed by atoms with Crippen LogP contribution in [0.3, 0.4) is 0 Å². The molecule has 0 aliphatic carbocycles. The fraction of sp³-hybridized carbons (Fsp3) is 0.793. The summed E-state index contributed by atoms with van der Waals surface area (Å²) in [6.45, 7) is 6.45. The van der Waals surface area contributed by atoms with Crippen LogP contribution in [-0.2, 0) is 14.3 Å². The molecule has 1 amide bonds. The third kappa shape index (κ3) is 46.1. The summed E-state index contributed by atoms with van der Waals surface area (Å²) in [5, 5.41) is 23.8. The van der Waals surface area contributed by atoms with E-state index in [9.17, 15) is 19.8 Å². The maximum absolute atomic E-state index is 13.2. The standard InChI is InChI=1S/C58H105NO5/c1-4-7-10-13-16-19-22-25-27-29-31-33-36-39-42-45-48-51-58(63)64-54(49-46-43-40-37-34-32-30-28-26-23-20-17-14-11-8-5-2)52-57(62)59-55(53-60)56(61)50-47-44-41-38-35-24-21-18-15-12-9-6-3/h16,19,25,27,31-34,39,42,54-56,60-61H,4-15,17-18,20-24,26,28-30,35-38,40-41,43-53H2,1-3H3,(H,59,62)/b19-16-,27-25-,33-31-,34-32+,42-39-. The number of esters is 1. The van der Waals surface area contributed by atoms with Gasteiger partial charge in [-0.05, 0) is 89.9 Å².